The van der Waals surface area contributed by atoms with Crippen molar-refractivity contribution in [1.29, 1.82) is 0 Å². The van der Waals surface area contributed by atoms with E-state index in [1.807, 2.05) is 0 Å². The molecule has 1 saturated heterocycles. The van der Waals surface area contributed by atoms with Crippen molar-refractivity contribution in [2.75, 3.05) is 18.1 Å². The summed E-state index contributed by atoms with van der Waals surface area (Å²) >= 11 is 2.08. The van der Waals surface area contributed by atoms with Crippen molar-refractivity contribution in [2.24, 2.45) is 11.3 Å². The Bertz CT molecular complexity index is 232. The van der Waals surface area contributed by atoms with E-state index in [4.69, 9.17) is 0 Å². The summed E-state index contributed by atoms with van der Waals surface area (Å²) in [5.41, 5.74) is 0.447. The van der Waals surface area contributed by atoms with Crippen LogP contribution >= 0.6 is 11.8 Å². The second-order valence-electron chi connectivity index (χ2n) is 6.11. The van der Waals surface area contributed by atoms with Gasteiger partial charge in [-0.3, -0.25) is 0 Å². The second-order valence-corrected chi connectivity index (χ2v) is 7.26. The van der Waals surface area contributed by atoms with Crippen molar-refractivity contribution in [2.45, 2.75) is 51.7 Å². The molecule has 1 aliphatic heterocycles. The van der Waals surface area contributed by atoms with E-state index in [1.54, 1.807) is 0 Å². The van der Waals surface area contributed by atoms with Gasteiger partial charge < -0.3 is 10.4 Å². The van der Waals surface area contributed by atoms with Gasteiger partial charge in [0.15, 0.2) is 0 Å². The van der Waals surface area contributed by atoms with E-state index >= 15 is 0 Å². The normalized spacial score (nSPS) is 38.8. The highest BCUT2D eigenvalue weighted by Crippen LogP contribution is 2.34. The van der Waals surface area contributed by atoms with Gasteiger partial charge in [-0.15, -0.1) is 0 Å². The van der Waals surface area contributed by atoms with Gasteiger partial charge >= 0.3 is 0 Å². The van der Waals surface area contributed by atoms with Gasteiger partial charge in [0.05, 0.1) is 6.10 Å². The lowest BCUT2D eigenvalue weighted by molar-refractivity contribution is 0.175. The van der Waals surface area contributed by atoms with Crippen LogP contribution in [0.15, 0.2) is 0 Å². The van der Waals surface area contributed by atoms with Gasteiger partial charge in [0.1, 0.15) is 0 Å². The van der Waals surface area contributed by atoms with Crippen molar-refractivity contribution in [3.05, 3.63) is 0 Å². The Kier molecular flexibility index (Phi) is 4.20. The average Bonchev–Trinajstić information content (AvgIpc) is 2.62. The molecule has 0 spiro atoms. The molecule has 0 bridgehead atoms. The zero-order valence-corrected chi connectivity index (χ0v) is 11.4. The molecule has 2 aliphatic rings. The van der Waals surface area contributed by atoms with Crippen molar-refractivity contribution < 1.29 is 5.11 Å². The Morgan fingerprint density at radius 1 is 1.38 bits per heavy atom. The molecule has 0 radical (unpaired) electrons. The Labute approximate surface area is 104 Å². The van der Waals surface area contributed by atoms with Crippen molar-refractivity contribution in [3.8, 4) is 0 Å². The third-order valence-corrected chi connectivity index (χ3v) is 5.35. The predicted molar refractivity (Wildman–Crippen MR) is 70.9 cm³/mol. The summed E-state index contributed by atoms with van der Waals surface area (Å²) in [7, 11) is 0. The van der Waals surface area contributed by atoms with Crippen LogP contribution in [0.1, 0.15) is 39.5 Å². The number of nitrogens with one attached hydrogen (secondary N) is 1. The summed E-state index contributed by atoms with van der Waals surface area (Å²) in [6, 6.07) is 0.656. The van der Waals surface area contributed by atoms with Crippen LogP contribution in [-0.2, 0) is 0 Å². The molecule has 0 aromatic carbocycles. The lowest BCUT2D eigenvalue weighted by atomic mass is 9.82. The molecule has 94 valence electrons. The topological polar surface area (TPSA) is 32.3 Å². The standard InChI is InChI=1S/C13H25NOS/c1-13(2)5-6-16-9-12(13)14-8-10-3-4-11(15)7-10/h10-12,14-15H,3-9H2,1-2H3. The molecule has 1 heterocycles. The summed E-state index contributed by atoms with van der Waals surface area (Å²) in [5, 5.41) is 13.2. The van der Waals surface area contributed by atoms with Crippen LogP contribution in [0.2, 0.25) is 0 Å². The first-order chi connectivity index (χ1) is 7.58. The minimum absolute atomic E-state index is 0.0273. The van der Waals surface area contributed by atoms with E-state index < -0.39 is 0 Å². The van der Waals surface area contributed by atoms with Crippen LogP contribution in [-0.4, -0.2) is 35.3 Å². The fourth-order valence-corrected chi connectivity index (χ4v) is 4.46. The van der Waals surface area contributed by atoms with Gasteiger partial charge in [-0.2, -0.15) is 11.8 Å². The van der Waals surface area contributed by atoms with Gasteiger partial charge in [-0.25, -0.2) is 0 Å². The van der Waals surface area contributed by atoms with Crippen LogP contribution in [0, 0.1) is 11.3 Å². The fraction of sp³-hybridized carbons (Fsp3) is 1.00. The summed E-state index contributed by atoms with van der Waals surface area (Å²) < 4.78 is 0. The zero-order valence-electron chi connectivity index (χ0n) is 10.5. The van der Waals surface area contributed by atoms with E-state index in [9.17, 15) is 5.11 Å². The number of thioether (sulfide) groups is 1. The molecule has 1 aliphatic carbocycles. The molecule has 3 unspecified atom stereocenters. The maximum atomic E-state index is 9.51. The maximum Gasteiger partial charge on any atom is 0.0543 e. The first-order valence-electron chi connectivity index (χ1n) is 6.57. The lowest BCUT2D eigenvalue weighted by Crippen LogP contribution is -2.47. The number of hydrogen-bond donors (Lipinski definition) is 2. The molecule has 2 fully saturated rings. The van der Waals surface area contributed by atoms with E-state index in [1.165, 1.54) is 24.3 Å². The van der Waals surface area contributed by atoms with Gasteiger partial charge in [0, 0.05) is 11.8 Å². The van der Waals surface area contributed by atoms with Gasteiger partial charge in [0.2, 0.25) is 0 Å². The SMILES string of the molecule is CC1(C)CCSCC1NCC1CCC(O)C1. The van der Waals surface area contributed by atoms with Gasteiger partial charge in [0.25, 0.3) is 0 Å². The molecule has 2 N–H and O–H groups in total. The van der Waals surface area contributed by atoms with E-state index in [-0.39, 0.29) is 6.10 Å². The molecular weight excluding hydrogens is 218 g/mol. The quantitative estimate of drug-likeness (QED) is 0.797. The summed E-state index contributed by atoms with van der Waals surface area (Å²) in [6.07, 6.45) is 4.51. The molecule has 0 aromatic heterocycles. The average molecular weight is 243 g/mol. The molecule has 0 aromatic rings. The first-order valence-corrected chi connectivity index (χ1v) is 7.72. The third-order valence-electron chi connectivity index (χ3n) is 4.29. The zero-order chi connectivity index (χ0) is 11.6. The summed E-state index contributed by atoms with van der Waals surface area (Å²) in [6.45, 7) is 5.87. The lowest BCUT2D eigenvalue weighted by Gasteiger charge is -2.39. The Hall–Kier alpha value is 0.270. The smallest absolute Gasteiger partial charge is 0.0543 e. The minimum Gasteiger partial charge on any atom is -0.393 e. The van der Waals surface area contributed by atoms with E-state index in [0.717, 1.165) is 19.4 Å². The Morgan fingerprint density at radius 3 is 2.81 bits per heavy atom. The Morgan fingerprint density at radius 2 is 2.19 bits per heavy atom. The molecule has 3 heteroatoms. The van der Waals surface area contributed by atoms with Gasteiger partial charge in [-0.1, -0.05) is 13.8 Å². The number of rotatable bonds is 3. The molecule has 16 heavy (non-hydrogen) atoms. The van der Waals surface area contributed by atoms with E-state index in [2.05, 4.69) is 30.9 Å². The molecule has 1 saturated carbocycles. The molecule has 2 rings (SSSR count). The fourth-order valence-electron chi connectivity index (χ4n) is 2.81. The van der Waals surface area contributed by atoms with Crippen LogP contribution in [0.3, 0.4) is 0 Å². The monoisotopic (exact) mass is 243 g/mol. The summed E-state index contributed by atoms with van der Waals surface area (Å²) in [5.74, 6) is 3.27. The van der Waals surface area contributed by atoms with Crippen molar-refractivity contribution in [3.63, 3.8) is 0 Å². The molecule has 3 atom stereocenters. The molecular formula is C13H25NOS. The van der Waals surface area contributed by atoms with Crippen LogP contribution in [0.4, 0.5) is 0 Å². The highest BCUT2D eigenvalue weighted by atomic mass is 32.2. The largest absolute Gasteiger partial charge is 0.393 e. The van der Waals surface area contributed by atoms with Crippen LogP contribution < -0.4 is 5.32 Å². The predicted octanol–water partition coefficient (Wildman–Crippen LogP) is 2.27. The highest BCUT2D eigenvalue weighted by molar-refractivity contribution is 7.99. The highest BCUT2D eigenvalue weighted by Gasteiger charge is 2.33. The van der Waals surface area contributed by atoms with E-state index in [0.29, 0.717) is 17.4 Å². The molecule has 0 amide bonds. The number of hydrogen-bond acceptors (Lipinski definition) is 3. The van der Waals surface area contributed by atoms with Crippen LogP contribution in [0.25, 0.3) is 0 Å². The minimum atomic E-state index is -0.0273. The second kappa shape index (κ2) is 5.28. The van der Waals surface area contributed by atoms with Gasteiger partial charge in [-0.05, 0) is 49.3 Å². The van der Waals surface area contributed by atoms with Crippen LogP contribution in [0.5, 0.6) is 0 Å². The third kappa shape index (κ3) is 3.14. The maximum absolute atomic E-state index is 9.51. The number of aliphatic hydroxyl groups is 1. The van der Waals surface area contributed by atoms with Crippen molar-refractivity contribution >= 4 is 11.8 Å². The number of aliphatic hydroxyl groups excluding tert-OH is 1. The molecule has 2 nitrogen and oxygen atoms in total. The summed E-state index contributed by atoms with van der Waals surface area (Å²) in [4.78, 5) is 0. The Balaban J connectivity index is 1.76. The van der Waals surface area contributed by atoms with Crippen molar-refractivity contribution in [1.82, 2.24) is 5.32 Å². The first kappa shape index (κ1) is 12.7.